The Kier molecular flexibility index (Phi) is 8.46. The van der Waals surface area contributed by atoms with Crippen molar-refractivity contribution >= 4 is 23.4 Å². The molecular weight excluding hydrogens is 395 g/mol. The van der Waals surface area contributed by atoms with Crippen LogP contribution in [0.25, 0.3) is 0 Å². The van der Waals surface area contributed by atoms with Crippen LogP contribution >= 0.6 is 11.6 Å². The Hall–Kier alpha value is -2.60. The van der Waals surface area contributed by atoms with Gasteiger partial charge in [0.25, 0.3) is 5.91 Å². The summed E-state index contributed by atoms with van der Waals surface area (Å²) < 4.78 is 18.8. The Morgan fingerprint density at radius 2 is 1.86 bits per heavy atom. The number of carbonyl (C=O) groups excluding carboxylic acids is 2. The minimum atomic E-state index is -0.718. The van der Waals surface area contributed by atoms with Gasteiger partial charge in [0, 0.05) is 17.6 Å². The minimum Gasteiger partial charge on any atom is -0.484 e. The molecule has 2 aromatic rings. The van der Waals surface area contributed by atoms with Crippen molar-refractivity contribution in [3.8, 4) is 5.75 Å². The van der Waals surface area contributed by atoms with Gasteiger partial charge < -0.3 is 15.0 Å². The number of benzene rings is 2. The molecule has 0 aliphatic carbocycles. The van der Waals surface area contributed by atoms with Gasteiger partial charge in [-0.3, -0.25) is 9.59 Å². The smallest absolute Gasteiger partial charge is 0.261 e. The summed E-state index contributed by atoms with van der Waals surface area (Å²) in [7, 11) is 0. The molecule has 0 fully saturated rings. The topological polar surface area (TPSA) is 58.6 Å². The third-order valence-electron chi connectivity index (χ3n) is 4.59. The second-order valence-corrected chi connectivity index (χ2v) is 7.32. The fourth-order valence-corrected chi connectivity index (χ4v) is 2.80. The Balaban J connectivity index is 2.14. The van der Waals surface area contributed by atoms with Crippen molar-refractivity contribution in [3.05, 3.63) is 64.9 Å². The summed E-state index contributed by atoms with van der Waals surface area (Å²) in [6.45, 7) is 5.45. The van der Waals surface area contributed by atoms with Crippen LogP contribution in [-0.4, -0.2) is 35.4 Å². The van der Waals surface area contributed by atoms with Crippen molar-refractivity contribution in [2.45, 2.75) is 45.8 Å². The van der Waals surface area contributed by atoms with Gasteiger partial charge in [-0.25, -0.2) is 4.39 Å². The SMILES string of the molecule is CC[C@H](C)NC(=O)[C@H](C)N(Cc1ccc(F)cc1)C(=O)COc1cccc(Cl)c1. The van der Waals surface area contributed by atoms with Crippen LogP contribution in [0.15, 0.2) is 48.5 Å². The fourth-order valence-electron chi connectivity index (χ4n) is 2.62. The van der Waals surface area contributed by atoms with Gasteiger partial charge in [0.1, 0.15) is 17.6 Å². The number of halogens is 2. The van der Waals surface area contributed by atoms with Gasteiger partial charge in [-0.2, -0.15) is 0 Å². The Labute approximate surface area is 175 Å². The van der Waals surface area contributed by atoms with Crippen LogP contribution < -0.4 is 10.1 Å². The maximum atomic E-state index is 13.2. The van der Waals surface area contributed by atoms with Crippen LogP contribution in [0.1, 0.15) is 32.8 Å². The van der Waals surface area contributed by atoms with E-state index in [4.69, 9.17) is 16.3 Å². The van der Waals surface area contributed by atoms with Crippen molar-refractivity contribution in [3.63, 3.8) is 0 Å². The van der Waals surface area contributed by atoms with Crippen molar-refractivity contribution in [1.29, 1.82) is 0 Å². The first-order valence-corrected chi connectivity index (χ1v) is 9.90. The summed E-state index contributed by atoms with van der Waals surface area (Å²) in [6.07, 6.45) is 0.780. The number of ether oxygens (including phenoxy) is 1. The van der Waals surface area contributed by atoms with Crippen molar-refractivity contribution in [1.82, 2.24) is 10.2 Å². The largest absolute Gasteiger partial charge is 0.484 e. The van der Waals surface area contributed by atoms with E-state index in [1.165, 1.54) is 17.0 Å². The fraction of sp³-hybridized carbons (Fsp3) is 0.364. The highest BCUT2D eigenvalue weighted by molar-refractivity contribution is 6.30. The molecule has 0 bridgehead atoms. The van der Waals surface area contributed by atoms with E-state index >= 15 is 0 Å². The summed E-state index contributed by atoms with van der Waals surface area (Å²) in [5.74, 6) is -0.513. The summed E-state index contributed by atoms with van der Waals surface area (Å²) in [5.41, 5.74) is 0.714. The van der Waals surface area contributed by atoms with Crippen LogP contribution in [0.4, 0.5) is 4.39 Å². The summed E-state index contributed by atoms with van der Waals surface area (Å²) >= 11 is 5.94. The molecular formula is C22H26ClFN2O3. The second kappa shape index (κ2) is 10.8. The van der Waals surface area contributed by atoms with Crippen LogP contribution in [-0.2, 0) is 16.1 Å². The zero-order valence-electron chi connectivity index (χ0n) is 16.8. The van der Waals surface area contributed by atoms with Gasteiger partial charge in [-0.1, -0.05) is 36.7 Å². The third kappa shape index (κ3) is 7.06. The number of amides is 2. The average molecular weight is 421 g/mol. The predicted octanol–water partition coefficient (Wildman–Crippen LogP) is 4.19. The number of carbonyl (C=O) groups is 2. The normalized spacial score (nSPS) is 12.7. The molecule has 2 amide bonds. The Morgan fingerprint density at radius 1 is 1.17 bits per heavy atom. The summed E-state index contributed by atoms with van der Waals surface area (Å²) in [5, 5.41) is 3.39. The number of hydrogen-bond acceptors (Lipinski definition) is 3. The first-order chi connectivity index (χ1) is 13.8. The summed E-state index contributed by atoms with van der Waals surface area (Å²) in [4.78, 5) is 26.9. The lowest BCUT2D eigenvalue weighted by atomic mass is 10.1. The van der Waals surface area contributed by atoms with Crippen molar-refractivity contribution in [2.24, 2.45) is 0 Å². The summed E-state index contributed by atoms with van der Waals surface area (Å²) in [6, 6.07) is 11.8. The molecule has 2 rings (SSSR count). The van der Waals surface area contributed by atoms with Crippen LogP contribution in [0.5, 0.6) is 5.75 Å². The quantitative estimate of drug-likeness (QED) is 0.661. The molecule has 156 valence electrons. The van der Waals surface area contributed by atoms with Gasteiger partial charge in [0.05, 0.1) is 0 Å². The van der Waals surface area contributed by atoms with E-state index in [1.54, 1.807) is 43.3 Å². The lowest BCUT2D eigenvalue weighted by Gasteiger charge is -2.29. The first-order valence-electron chi connectivity index (χ1n) is 9.52. The average Bonchev–Trinajstić information content (AvgIpc) is 2.71. The van der Waals surface area contributed by atoms with E-state index in [2.05, 4.69) is 5.32 Å². The predicted molar refractivity (Wildman–Crippen MR) is 111 cm³/mol. The molecule has 0 aromatic heterocycles. The molecule has 2 atom stereocenters. The molecule has 1 N–H and O–H groups in total. The molecule has 0 aliphatic heterocycles. The number of rotatable bonds is 9. The van der Waals surface area contributed by atoms with E-state index in [0.717, 1.165) is 6.42 Å². The minimum absolute atomic E-state index is 0.00423. The van der Waals surface area contributed by atoms with Crippen LogP contribution in [0.2, 0.25) is 5.02 Å². The first kappa shape index (κ1) is 22.7. The molecule has 29 heavy (non-hydrogen) atoms. The molecule has 0 spiro atoms. The highest BCUT2D eigenvalue weighted by Gasteiger charge is 2.27. The van der Waals surface area contributed by atoms with Gasteiger partial charge in [-0.15, -0.1) is 0 Å². The molecule has 0 saturated heterocycles. The van der Waals surface area contributed by atoms with E-state index in [9.17, 15) is 14.0 Å². The molecule has 0 aliphatic rings. The monoisotopic (exact) mass is 420 g/mol. The molecule has 0 radical (unpaired) electrons. The molecule has 0 unspecified atom stereocenters. The molecule has 0 saturated carbocycles. The van der Waals surface area contributed by atoms with E-state index in [0.29, 0.717) is 16.3 Å². The van der Waals surface area contributed by atoms with Crippen molar-refractivity contribution < 1.29 is 18.7 Å². The van der Waals surface area contributed by atoms with Gasteiger partial charge in [-0.05, 0) is 56.2 Å². The van der Waals surface area contributed by atoms with Crippen molar-refractivity contribution in [2.75, 3.05) is 6.61 Å². The molecule has 5 nitrogen and oxygen atoms in total. The maximum Gasteiger partial charge on any atom is 0.261 e. The highest BCUT2D eigenvalue weighted by Crippen LogP contribution is 2.18. The van der Waals surface area contributed by atoms with E-state index < -0.39 is 6.04 Å². The number of nitrogens with zero attached hydrogens (tertiary/aromatic N) is 1. The maximum absolute atomic E-state index is 13.2. The Bertz CT molecular complexity index is 829. The second-order valence-electron chi connectivity index (χ2n) is 6.89. The standard InChI is InChI=1S/C22H26ClFN2O3/c1-4-15(2)25-22(28)16(3)26(13-17-8-10-19(24)11-9-17)21(27)14-29-20-7-5-6-18(23)12-20/h5-12,15-16H,4,13-14H2,1-3H3,(H,25,28)/t15-,16-/m0/s1. The lowest BCUT2D eigenvalue weighted by Crippen LogP contribution is -2.50. The van der Waals surface area contributed by atoms with Crippen LogP contribution in [0.3, 0.4) is 0 Å². The van der Waals surface area contributed by atoms with Gasteiger partial charge in [0.2, 0.25) is 5.91 Å². The van der Waals surface area contributed by atoms with Gasteiger partial charge >= 0.3 is 0 Å². The zero-order chi connectivity index (χ0) is 21.4. The van der Waals surface area contributed by atoms with Gasteiger partial charge in [0.15, 0.2) is 6.61 Å². The van der Waals surface area contributed by atoms with Crippen LogP contribution in [0, 0.1) is 5.82 Å². The number of nitrogens with one attached hydrogen (secondary N) is 1. The zero-order valence-corrected chi connectivity index (χ0v) is 17.6. The highest BCUT2D eigenvalue weighted by atomic mass is 35.5. The lowest BCUT2D eigenvalue weighted by molar-refractivity contribution is -0.142. The Morgan fingerprint density at radius 3 is 2.48 bits per heavy atom. The molecule has 7 heteroatoms. The van der Waals surface area contributed by atoms with E-state index in [-0.39, 0.29) is 36.8 Å². The number of hydrogen-bond donors (Lipinski definition) is 1. The third-order valence-corrected chi connectivity index (χ3v) is 4.83. The molecule has 2 aromatic carbocycles. The van der Waals surface area contributed by atoms with E-state index in [1.807, 2.05) is 13.8 Å². The molecule has 0 heterocycles.